The first kappa shape index (κ1) is 25.1. The molecule has 8 nitrogen and oxygen atoms in total. The van der Waals surface area contributed by atoms with E-state index in [9.17, 15) is 19.5 Å². The molecule has 0 saturated carbocycles. The van der Waals surface area contributed by atoms with Crippen LogP contribution in [0.25, 0.3) is 11.1 Å². The van der Waals surface area contributed by atoms with Crippen LogP contribution in [-0.2, 0) is 14.3 Å². The molecule has 0 saturated heterocycles. The van der Waals surface area contributed by atoms with Crippen molar-refractivity contribution in [2.24, 2.45) is 0 Å². The van der Waals surface area contributed by atoms with E-state index in [2.05, 4.69) is 5.32 Å². The summed E-state index contributed by atoms with van der Waals surface area (Å²) in [5.41, 5.74) is 1.24. The average molecular weight is 469 g/mol. The van der Waals surface area contributed by atoms with E-state index in [1.54, 1.807) is 0 Å². The van der Waals surface area contributed by atoms with Crippen LogP contribution in [0.3, 0.4) is 0 Å². The highest BCUT2D eigenvalue weighted by Gasteiger charge is 2.54. The van der Waals surface area contributed by atoms with E-state index >= 15 is 0 Å². The summed E-state index contributed by atoms with van der Waals surface area (Å²) in [4.78, 5) is 40.1. The van der Waals surface area contributed by atoms with Gasteiger partial charge in [0.25, 0.3) is 0 Å². The third kappa shape index (κ3) is 4.71. The van der Waals surface area contributed by atoms with Gasteiger partial charge in [-0.25, -0.2) is 14.4 Å². The highest BCUT2D eigenvalue weighted by atomic mass is 16.6. The molecule has 0 aromatic heterocycles. The zero-order valence-electron chi connectivity index (χ0n) is 19.9. The average Bonchev–Trinajstić information content (AvgIpc) is 3.16. The summed E-state index contributed by atoms with van der Waals surface area (Å²) in [6, 6.07) is 14.3. The van der Waals surface area contributed by atoms with Gasteiger partial charge in [0.05, 0.1) is 19.8 Å². The number of aliphatic carboxylic acids is 1. The number of carboxylic acids is 1. The Hall–Kier alpha value is -3.55. The summed E-state index contributed by atoms with van der Waals surface area (Å²) in [5, 5.41) is 13.1. The van der Waals surface area contributed by atoms with Gasteiger partial charge in [-0.05, 0) is 35.1 Å². The fourth-order valence-electron chi connectivity index (χ4n) is 4.44. The summed E-state index contributed by atoms with van der Waals surface area (Å²) in [6.07, 6.45) is 0.810. The minimum atomic E-state index is -2.08. The lowest BCUT2D eigenvalue weighted by atomic mass is 9.94. The number of ether oxygens (including phenoxy) is 2. The maximum Gasteiger partial charge on any atom is 0.412 e. The smallest absolute Gasteiger partial charge is 0.412 e. The molecule has 0 spiro atoms. The molecule has 2 amide bonds. The van der Waals surface area contributed by atoms with Crippen LogP contribution in [0, 0.1) is 0 Å². The molecule has 182 valence electrons. The van der Waals surface area contributed by atoms with Crippen molar-refractivity contribution in [3.05, 3.63) is 59.7 Å². The molecule has 1 aliphatic rings. The summed E-state index contributed by atoms with van der Waals surface area (Å²) in [5.74, 6) is -1.36. The van der Waals surface area contributed by atoms with Crippen molar-refractivity contribution in [1.29, 1.82) is 0 Å². The molecule has 2 aromatic carbocycles. The number of rotatable bonds is 10. The van der Waals surface area contributed by atoms with Gasteiger partial charge in [-0.1, -0.05) is 75.2 Å². The van der Waals surface area contributed by atoms with Gasteiger partial charge in [-0.3, -0.25) is 10.2 Å². The number of carboxylic acid groups (broad SMARTS) is 1. The van der Waals surface area contributed by atoms with Crippen molar-refractivity contribution < 1.29 is 29.0 Å². The number of fused-ring (bicyclic) bond motifs is 3. The maximum absolute atomic E-state index is 13.3. The van der Waals surface area contributed by atoms with Crippen molar-refractivity contribution in [1.82, 2.24) is 10.2 Å². The lowest BCUT2D eigenvalue weighted by Crippen LogP contribution is -2.67. The van der Waals surface area contributed by atoms with E-state index in [0.29, 0.717) is 19.3 Å². The Labute approximate surface area is 199 Å². The molecular formula is C26H32N2O6. The van der Waals surface area contributed by atoms with Crippen molar-refractivity contribution in [3.63, 3.8) is 0 Å². The minimum absolute atomic E-state index is 0.0162. The third-order valence-corrected chi connectivity index (χ3v) is 6.13. The van der Waals surface area contributed by atoms with Gasteiger partial charge in [0.1, 0.15) is 0 Å². The molecular weight excluding hydrogens is 436 g/mol. The van der Waals surface area contributed by atoms with Crippen LogP contribution < -0.4 is 5.32 Å². The van der Waals surface area contributed by atoms with Crippen LogP contribution in [-0.4, -0.2) is 47.5 Å². The monoisotopic (exact) mass is 468 g/mol. The zero-order valence-corrected chi connectivity index (χ0v) is 19.9. The van der Waals surface area contributed by atoms with Gasteiger partial charge >= 0.3 is 18.2 Å². The number of unbranched alkanes of at least 4 members (excludes halogenated alkanes) is 2. The standard InChI is InChI=1S/C26H32N2O6/c1-4-6-16-26(23(29)30,27-24(31)34-17-7-5-2)28(25(32)33-3)22-20-14-10-8-12-18(20)19-13-9-11-15-21(19)22/h8-15,22H,4-7,16-17H2,1-3H3,(H,27,31)(H,29,30). The Bertz CT molecular complexity index is 994. The van der Waals surface area contributed by atoms with Crippen LogP contribution in [0.1, 0.15) is 63.1 Å². The van der Waals surface area contributed by atoms with Gasteiger partial charge in [0.15, 0.2) is 0 Å². The molecule has 0 radical (unpaired) electrons. The Morgan fingerprint density at radius 2 is 1.53 bits per heavy atom. The van der Waals surface area contributed by atoms with Crippen LogP contribution in [0.15, 0.2) is 48.5 Å². The Morgan fingerprint density at radius 1 is 0.971 bits per heavy atom. The second kappa shape index (κ2) is 11.0. The molecule has 8 heteroatoms. The van der Waals surface area contributed by atoms with Crippen molar-refractivity contribution in [3.8, 4) is 11.1 Å². The SMILES string of the molecule is CCCCOC(=O)NC(CCCC)(C(=O)O)N(C(=O)OC)C1c2ccccc2-c2ccccc21. The molecule has 2 N–H and O–H groups in total. The van der Waals surface area contributed by atoms with E-state index in [1.165, 1.54) is 7.11 Å². The van der Waals surface area contributed by atoms with E-state index < -0.39 is 29.9 Å². The fourth-order valence-corrected chi connectivity index (χ4v) is 4.44. The predicted octanol–water partition coefficient (Wildman–Crippen LogP) is 5.32. The van der Waals surface area contributed by atoms with Crippen LogP contribution >= 0.6 is 0 Å². The van der Waals surface area contributed by atoms with Gasteiger partial charge in [0.2, 0.25) is 5.66 Å². The van der Waals surface area contributed by atoms with Gasteiger partial charge in [-0.15, -0.1) is 0 Å². The topological polar surface area (TPSA) is 105 Å². The largest absolute Gasteiger partial charge is 0.478 e. The first-order valence-corrected chi connectivity index (χ1v) is 11.6. The second-order valence-electron chi connectivity index (χ2n) is 8.30. The van der Waals surface area contributed by atoms with Gasteiger partial charge in [0, 0.05) is 6.42 Å². The molecule has 3 rings (SSSR count). The number of nitrogens with zero attached hydrogens (tertiary/aromatic N) is 1. The number of methoxy groups -OCH3 is 1. The molecule has 34 heavy (non-hydrogen) atoms. The molecule has 1 aliphatic carbocycles. The van der Waals surface area contributed by atoms with Crippen LogP contribution in [0.5, 0.6) is 0 Å². The number of carbonyl (C=O) groups excluding carboxylic acids is 2. The maximum atomic E-state index is 13.3. The number of benzene rings is 2. The molecule has 0 heterocycles. The highest BCUT2D eigenvalue weighted by Crippen LogP contribution is 2.48. The zero-order chi connectivity index (χ0) is 24.7. The lowest BCUT2D eigenvalue weighted by Gasteiger charge is -2.43. The predicted molar refractivity (Wildman–Crippen MR) is 127 cm³/mol. The lowest BCUT2D eigenvalue weighted by molar-refractivity contribution is -0.154. The fraction of sp³-hybridized carbons (Fsp3) is 0.423. The van der Waals surface area contributed by atoms with Crippen molar-refractivity contribution >= 4 is 18.2 Å². The minimum Gasteiger partial charge on any atom is -0.478 e. The number of hydrogen-bond donors (Lipinski definition) is 2. The first-order valence-electron chi connectivity index (χ1n) is 11.6. The summed E-state index contributed by atoms with van der Waals surface area (Å²) >= 11 is 0. The molecule has 1 atom stereocenters. The Balaban J connectivity index is 2.18. The van der Waals surface area contributed by atoms with E-state index in [4.69, 9.17) is 9.47 Å². The molecule has 2 aromatic rings. The Morgan fingerprint density at radius 3 is 2.03 bits per heavy atom. The van der Waals surface area contributed by atoms with Crippen LogP contribution in [0.2, 0.25) is 0 Å². The normalized spacial score (nSPS) is 13.9. The molecule has 0 fully saturated rings. The van der Waals surface area contributed by atoms with E-state index in [0.717, 1.165) is 33.6 Å². The number of carbonyl (C=O) groups is 3. The van der Waals surface area contributed by atoms with Crippen molar-refractivity contribution in [2.45, 2.75) is 57.7 Å². The number of amides is 2. The first-order chi connectivity index (χ1) is 16.4. The van der Waals surface area contributed by atoms with E-state index in [1.807, 2.05) is 62.4 Å². The second-order valence-corrected chi connectivity index (χ2v) is 8.30. The third-order valence-electron chi connectivity index (χ3n) is 6.13. The van der Waals surface area contributed by atoms with Gasteiger partial charge < -0.3 is 14.6 Å². The quantitative estimate of drug-likeness (QED) is 0.361. The number of hydrogen-bond acceptors (Lipinski definition) is 5. The Kier molecular flexibility index (Phi) is 8.15. The van der Waals surface area contributed by atoms with Crippen molar-refractivity contribution in [2.75, 3.05) is 13.7 Å². The summed E-state index contributed by atoms with van der Waals surface area (Å²) < 4.78 is 10.3. The molecule has 1 unspecified atom stereocenters. The number of alkyl carbamates (subject to hydrolysis) is 1. The molecule has 0 aliphatic heterocycles. The summed E-state index contributed by atoms with van der Waals surface area (Å²) in [6.45, 7) is 4.02. The summed E-state index contributed by atoms with van der Waals surface area (Å²) in [7, 11) is 1.20. The number of nitrogens with one attached hydrogen (secondary N) is 1. The highest BCUT2D eigenvalue weighted by molar-refractivity contribution is 5.90. The van der Waals surface area contributed by atoms with Gasteiger partial charge in [-0.2, -0.15) is 0 Å². The van der Waals surface area contributed by atoms with Crippen LogP contribution in [0.4, 0.5) is 9.59 Å². The molecule has 0 bridgehead atoms. The van der Waals surface area contributed by atoms with E-state index in [-0.39, 0.29) is 13.0 Å².